The summed E-state index contributed by atoms with van der Waals surface area (Å²) >= 11 is 10.9. The van der Waals surface area contributed by atoms with Crippen molar-refractivity contribution in [3.05, 3.63) is 55.4 Å². The molecule has 2 nitrogen and oxygen atoms in total. The van der Waals surface area contributed by atoms with Crippen molar-refractivity contribution in [2.75, 3.05) is 26.2 Å². The molecule has 1 saturated heterocycles. The Morgan fingerprint density at radius 2 is 2.00 bits per heavy atom. The number of piperazine rings is 1. The van der Waals surface area contributed by atoms with Crippen LogP contribution in [0.1, 0.15) is 16.5 Å². The number of nitrogens with one attached hydrogen (secondary N) is 1. The van der Waals surface area contributed by atoms with E-state index in [-0.39, 0.29) is 11.9 Å². The molecule has 0 spiro atoms. The second-order valence-electron chi connectivity index (χ2n) is 5.00. The van der Waals surface area contributed by atoms with Gasteiger partial charge in [0.2, 0.25) is 0 Å². The molecule has 0 aliphatic carbocycles. The van der Waals surface area contributed by atoms with Gasteiger partial charge >= 0.3 is 0 Å². The second-order valence-corrected chi connectivity index (χ2v) is 7.66. The number of nitrogens with zero attached hydrogens (tertiary/aromatic N) is 1. The van der Waals surface area contributed by atoms with E-state index in [0.717, 1.165) is 39.9 Å². The Morgan fingerprint density at radius 1 is 1.24 bits per heavy atom. The summed E-state index contributed by atoms with van der Waals surface area (Å²) in [5, 5.41) is 3.34. The van der Waals surface area contributed by atoms with E-state index in [1.54, 1.807) is 0 Å². The fourth-order valence-corrected chi connectivity index (χ4v) is 4.22. The third-order valence-electron chi connectivity index (χ3n) is 3.64. The standard InChI is InChI=1S/C15H15BrClFN2S/c16-10-1-2-11(12(18)9-10)15(13-3-4-14(17)21-13)20-7-5-19-6-8-20/h1-4,9,15,19H,5-8H2/t15-/m0/s1. The van der Waals surface area contributed by atoms with Crippen molar-refractivity contribution in [1.29, 1.82) is 0 Å². The molecule has 1 aromatic carbocycles. The molecular formula is C15H15BrClFN2S. The van der Waals surface area contributed by atoms with Crippen LogP contribution in [0.2, 0.25) is 4.34 Å². The van der Waals surface area contributed by atoms with E-state index in [1.165, 1.54) is 17.4 Å². The second kappa shape index (κ2) is 6.75. The van der Waals surface area contributed by atoms with Crippen LogP contribution in [-0.2, 0) is 0 Å². The third-order valence-corrected chi connectivity index (χ3v) is 5.41. The zero-order chi connectivity index (χ0) is 14.8. The van der Waals surface area contributed by atoms with Crippen molar-refractivity contribution in [3.63, 3.8) is 0 Å². The van der Waals surface area contributed by atoms with E-state index in [1.807, 2.05) is 24.3 Å². The summed E-state index contributed by atoms with van der Waals surface area (Å²) in [5.41, 5.74) is 0.707. The summed E-state index contributed by atoms with van der Waals surface area (Å²) < 4.78 is 15.9. The third kappa shape index (κ3) is 3.48. The van der Waals surface area contributed by atoms with Gasteiger partial charge in [-0.15, -0.1) is 11.3 Å². The lowest BCUT2D eigenvalue weighted by Gasteiger charge is -2.34. The predicted molar refractivity (Wildman–Crippen MR) is 89.7 cm³/mol. The number of benzene rings is 1. The van der Waals surface area contributed by atoms with Gasteiger partial charge in [0.15, 0.2) is 0 Å². The fraction of sp³-hybridized carbons (Fsp3) is 0.333. The highest BCUT2D eigenvalue weighted by Gasteiger charge is 2.27. The molecule has 3 rings (SSSR count). The first-order valence-corrected chi connectivity index (χ1v) is 8.79. The maximum atomic E-state index is 14.4. The van der Waals surface area contributed by atoms with Crippen LogP contribution in [0.5, 0.6) is 0 Å². The zero-order valence-electron chi connectivity index (χ0n) is 11.3. The minimum Gasteiger partial charge on any atom is -0.314 e. The Labute approximate surface area is 141 Å². The lowest BCUT2D eigenvalue weighted by molar-refractivity contribution is 0.197. The summed E-state index contributed by atoms with van der Waals surface area (Å²) in [6, 6.07) is 9.09. The molecule has 1 aliphatic heterocycles. The van der Waals surface area contributed by atoms with Crippen molar-refractivity contribution in [2.24, 2.45) is 0 Å². The van der Waals surface area contributed by atoms with Gasteiger partial charge in [-0.25, -0.2) is 4.39 Å². The first-order valence-electron chi connectivity index (χ1n) is 6.80. The lowest BCUT2D eigenvalue weighted by atomic mass is 10.0. The van der Waals surface area contributed by atoms with Gasteiger partial charge in [-0.2, -0.15) is 0 Å². The average Bonchev–Trinajstić information content (AvgIpc) is 2.89. The van der Waals surface area contributed by atoms with Crippen LogP contribution in [0, 0.1) is 5.82 Å². The smallest absolute Gasteiger partial charge is 0.129 e. The number of hydrogen-bond donors (Lipinski definition) is 1. The first-order chi connectivity index (χ1) is 10.1. The molecule has 2 aromatic rings. The number of thiophene rings is 1. The zero-order valence-corrected chi connectivity index (χ0v) is 14.4. The lowest BCUT2D eigenvalue weighted by Crippen LogP contribution is -2.45. The Balaban J connectivity index is 2.02. The minimum absolute atomic E-state index is 0.0716. The Bertz CT molecular complexity index is 628. The molecule has 0 radical (unpaired) electrons. The van der Waals surface area contributed by atoms with E-state index < -0.39 is 0 Å². The van der Waals surface area contributed by atoms with E-state index in [9.17, 15) is 4.39 Å². The van der Waals surface area contributed by atoms with Gasteiger partial charge in [0.05, 0.1) is 10.4 Å². The van der Waals surface area contributed by atoms with Crippen LogP contribution in [0.3, 0.4) is 0 Å². The predicted octanol–water partition coefficient (Wildman–Crippen LogP) is 4.30. The van der Waals surface area contributed by atoms with Crippen LogP contribution in [0.15, 0.2) is 34.8 Å². The van der Waals surface area contributed by atoms with Crippen molar-refractivity contribution in [1.82, 2.24) is 10.2 Å². The fourth-order valence-electron chi connectivity index (χ4n) is 2.67. The summed E-state index contributed by atoms with van der Waals surface area (Å²) in [5.74, 6) is -0.183. The topological polar surface area (TPSA) is 15.3 Å². The van der Waals surface area contributed by atoms with E-state index in [2.05, 4.69) is 26.1 Å². The molecule has 6 heteroatoms. The highest BCUT2D eigenvalue weighted by Crippen LogP contribution is 2.37. The Morgan fingerprint density at radius 3 is 2.62 bits per heavy atom. The van der Waals surface area contributed by atoms with E-state index in [0.29, 0.717) is 5.56 Å². The maximum Gasteiger partial charge on any atom is 0.129 e. The summed E-state index contributed by atoms with van der Waals surface area (Å²) in [6.07, 6.45) is 0. The molecular weight excluding hydrogens is 375 g/mol. The van der Waals surface area contributed by atoms with E-state index >= 15 is 0 Å². The Hall–Kier alpha value is -0.460. The Kier molecular flexibility index (Phi) is 4.96. The molecule has 1 aromatic heterocycles. The van der Waals surface area contributed by atoms with Crippen molar-refractivity contribution < 1.29 is 4.39 Å². The molecule has 1 fully saturated rings. The molecule has 0 amide bonds. The highest BCUT2D eigenvalue weighted by molar-refractivity contribution is 9.10. The van der Waals surface area contributed by atoms with Crippen LogP contribution in [0.4, 0.5) is 4.39 Å². The van der Waals surface area contributed by atoms with Gasteiger partial charge in [0.1, 0.15) is 5.82 Å². The highest BCUT2D eigenvalue weighted by atomic mass is 79.9. The van der Waals surface area contributed by atoms with E-state index in [4.69, 9.17) is 11.6 Å². The molecule has 21 heavy (non-hydrogen) atoms. The van der Waals surface area contributed by atoms with Gasteiger partial charge in [0, 0.05) is 41.1 Å². The molecule has 2 heterocycles. The number of hydrogen-bond acceptors (Lipinski definition) is 3. The van der Waals surface area contributed by atoms with Gasteiger partial charge in [-0.1, -0.05) is 33.6 Å². The summed E-state index contributed by atoms with van der Waals surface area (Å²) in [6.45, 7) is 3.65. The summed E-state index contributed by atoms with van der Waals surface area (Å²) in [4.78, 5) is 3.40. The van der Waals surface area contributed by atoms with Crippen LogP contribution < -0.4 is 5.32 Å². The summed E-state index contributed by atoms with van der Waals surface area (Å²) in [7, 11) is 0. The molecule has 1 N–H and O–H groups in total. The first kappa shape index (κ1) is 15.4. The van der Waals surface area contributed by atoms with Gasteiger partial charge < -0.3 is 5.32 Å². The normalized spacial score (nSPS) is 17.9. The maximum absolute atomic E-state index is 14.4. The molecule has 0 saturated carbocycles. The molecule has 1 aliphatic rings. The molecule has 1 atom stereocenters. The van der Waals surface area contributed by atoms with Gasteiger partial charge in [-0.05, 0) is 24.3 Å². The van der Waals surface area contributed by atoms with Crippen molar-refractivity contribution in [3.8, 4) is 0 Å². The SMILES string of the molecule is Fc1cc(Br)ccc1[C@@H](c1ccc(Cl)s1)N1CCNCC1. The largest absolute Gasteiger partial charge is 0.314 e. The number of rotatable bonds is 3. The minimum atomic E-state index is -0.183. The van der Waals surface area contributed by atoms with Crippen molar-refractivity contribution in [2.45, 2.75) is 6.04 Å². The average molecular weight is 390 g/mol. The van der Waals surface area contributed by atoms with Crippen LogP contribution in [0.25, 0.3) is 0 Å². The van der Waals surface area contributed by atoms with Crippen LogP contribution in [-0.4, -0.2) is 31.1 Å². The quantitative estimate of drug-likeness (QED) is 0.842. The van der Waals surface area contributed by atoms with Crippen molar-refractivity contribution >= 4 is 38.9 Å². The molecule has 0 unspecified atom stereocenters. The monoisotopic (exact) mass is 388 g/mol. The van der Waals surface area contributed by atoms with Gasteiger partial charge in [0.25, 0.3) is 0 Å². The molecule has 112 valence electrons. The van der Waals surface area contributed by atoms with Crippen LogP contribution >= 0.6 is 38.9 Å². The van der Waals surface area contributed by atoms with Gasteiger partial charge in [-0.3, -0.25) is 4.90 Å². The molecule has 0 bridgehead atoms. The number of halogens is 3.